The van der Waals surface area contributed by atoms with E-state index in [2.05, 4.69) is 4.98 Å². The minimum absolute atomic E-state index is 0.0151. The number of benzene rings is 2. The van der Waals surface area contributed by atoms with Crippen molar-refractivity contribution in [2.75, 3.05) is 0 Å². The lowest BCUT2D eigenvalue weighted by Crippen LogP contribution is -1.95. The Morgan fingerprint density at radius 1 is 0.923 bits per heavy atom. The Morgan fingerprint density at radius 3 is 2.65 bits per heavy atom. The van der Waals surface area contributed by atoms with E-state index in [1.165, 1.54) is 18.2 Å². The van der Waals surface area contributed by atoms with Crippen LogP contribution in [-0.2, 0) is 12.8 Å². The van der Waals surface area contributed by atoms with Gasteiger partial charge in [-0.05, 0) is 65.4 Å². The normalized spacial score (nSPS) is 14.8. The van der Waals surface area contributed by atoms with Crippen molar-refractivity contribution in [1.29, 1.82) is 0 Å². The molecule has 4 heteroatoms. The summed E-state index contributed by atoms with van der Waals surface area (Å²) in [7, 11) is 0. The molecule has 0 atom stereocenters. The highest BCUT2D eigenvalue weighted by Crippen LogP contribution is 2.35. The van der Waals surface area contributed by atoms with Gasteiger partial charge in [-0.2, -0.15) is 0 Å². The molecule has 4 rings (SSSR count). The molecule has 1 aromatic heterocycles. The average Bonchev–Trinajstić information content (AvgIpc) is 2.79. The van der Waals surface area contributed by atoms with E-state index in [4.69, 9.17) is 0 Å². The predicted molar refractivity (Wildman–Crippen MR) is 96.4 cm³/mol. The summed E-state index contributed by atoms with van der Waals surface area (Å²) < 4.78 is 39.8. The van der Waals surface area contributed by atoms with E-state index in [-0.39, 0.29) is 11.4 Å². The second-order valence-corrected chi connectivity index (χ2v) is 6.33. The molecule has 2 aromatic carbocycles. The Hall–Kier alpha value is -2.88. The van der Waals surface area contributed by atoms with E-state index >= 15 is 0 Å². The Morgan fingerprint density at radius 2 is 1.81 bits per heavy atom. The van der Waals surface area contributed by atoms with Gasteiger partial charge in [0.05, 0.1) is 0 Å². The van der Waals surface area contributed by atoms with Gasteiger partial charge in [-0.25, -0.2) is 13.2 Å². The Labute approximate surface area is 149 Å². The van der Waals surface area contributed by atoms with Crippen molar-refractivity contribution in [3.05, 3.63) is 100 Å². The van der Waals surface area contributed by atoms with Crippen LogP contribution in [0.5, 0.6) is 0 Å². The number of fused-ring (bicyclic) bond motifs is 2. The molecule has 0 saturated carbocycles. The summed E-state index contributed by atoms with van der Waals surface area (Å²) in [5.41, 5.74) is 5.26. The Bertz CT molecular complexity index is 992. The third kappa shape index (κ3) is 3.15. The molecule has 1 heterocycles. The highest BCUT2D eigenvalue weighted by Gasteiger charge is 2.19. The lowest BCUT2D eigenvalue weighted by atomic mass is 9.93. The number of alkyl halides is 2. The predicted octanol–water partition coefficient (Wildman–Crippen LogP) is 5.85. The molecule has 26 heavy (non-hydrogen) atoms. The molecular weight excluding hydrogens is 335 g/mol. The lowest BCUT2D eigenvalue weighted by molar-refractivity contribution is 0.151. The minimum atomic E-state index is -2.52. The number of halogens is 3. The van der Waals surface area contributed by atoms with Gasteiger partial charge < -0.3 is 0 Å². The SMILES string of the molecule is Fc1ccc2c(c1)CCc1ncccc1/C2=C\c1cccc(C(F)F)c1. The van der Waals surface area contributed by atoms with Gasteiger partial charge in [0.1, 0.15) is 5.82 Å². The van der Waals surface area contributed by atoms with Crippen LogP contribution in [0.25, 0.3) is 11.6 Å². The molecule has 130 valence electrons. The van der Waals surface area contributed by atoms with E-state index in [0.29, 0.717) is 18.4 Å². The van der Waals surface area contributed by atoms with Crippen LogP contribution in [0.15, 0.2) is 60.8 Å². The first-order valence-corrected chi connectivity index (χ1v) is 8.45. The van der Waals surface area contributed by atoms with Crippen LogP contribution in [0.2, 0.25) is 0 Å². The summed E-state index contributed by atoms with van der Waals surface area (Å²) in [4.78, 5) is 4.47. The Balaban J connectivity index is 1.93. The zero-order chi connectivity index (χ0) is 18.1. The van der Waals surface area contributed by atoms with E-state index in [0.717, 1.165) is 28.0 Å². The average molecular weight is 351 g/mol. The van der Waals surface area contributed by atoms with Crippen LogP contribution in [0, 0.1) is 5.82 Å². The van der Waals surface area contributed by atoms with Crippen molar-refractivity contribution in [3.63, 3.8) is 0 Å². The number of aryl methyl sites for hydroxylation is 2. The summed E-state index contributed by atoms with van der Waals surface area (Å²) in [5.74, 6) is -0.276. The third-order valence-electron chi connectivity index (χ3n) is 4.64. The standard InChI is InChI=1S/C22H16F3N/c23-17-7-8-18-15(13-17)6-9-21-19(5-2-10-26-21)20(18)12-14-3-1-4-16(11-14)22(24)25/h1-5,7-8,10-13,22H,6,9H2/b20-12-. The highest BCUT2D eigenvalue weighted by atomic mass is 19.3. The number of hydrogen-bond acceptors (Lipinski definition) is 1. The molecule has 0 fully saturated rings. The second kappa shape index (κ2) is 6.79. The van der Waals surface area contributed by atoms with Crippen LogP contribution in [0.4, 0.5) is 13.2 Å². The first-order chi connectivity index (χ1) is 12.6. The first-order valence-electron chi connectivity index (χ1n) is 8.45. The van der Waals surface area contributed by atoms with Crippen molar-refractivity contribution in [2.45, 2.75) is 19.3 Å². The summed E-state index contributed by atoms with van der Waals surface area (Å²) in [6, 6.07) is 14.9. The Kier molecular flexibility index (Phi) is 4.33. The van der Waals surface area contributed by atoms with Crippen LogP contribution in [0.1, 0.15) is 39.9 Å². The van der Waals surface area contributed by atoms with Gasteiger partial charge in [0.15, 0.2) is 0 Å². The summed E-state index contributed by atoms with van der Waals surface area (Å²) in [6.45, 7) is 0. The van der Waals surface area contributed by atoms with Crippen LogP contribution >= 0.6 is 0 Å². The molecule has 3 aromatic rings. The van der Waals surface area contributed by atoms with Crippen LogP contribution in [-0.4, -0.2) is 4.98 Å². The maximum atomic E-state index is 13.7. The maximum Gasteiger partial charge on any atom is 0.263 e. The summed E-state index contributed by atoms with van der Waals surface area (Å²) >= 11 is 0. The summed E-state index contributed by atoms with van der Waals surface area (Å²) in [5, 5.41) is 0. The molecule has 1 nitrogen and oxygen atoms in total. The molecule has 0 saturated heterocycles. The van der Waals surface area contributed by atoms with Crippen molar-refractivity contribution in [1.82, 2.24) is 4.98 Å². The molecule has 0 aliphatic heterocycles. The fraction of sp³-hybridized carbons (Fsp3) is 0.136. The number of pyridine rings is 1. The van der Waals surface area contributed by atoms with Gasteiger partial charge in [0, 0.05) is 23.0 Å². The third-order valence-corrected chi connectivity index (χ3v) is 4.64. The van der Waals surface area contributed by atoms with E-state index < -0.39 is 6.43 Å². The molecule has 0 radical (unpaired) electrons. The second-order valence-electron chi connectivity index (χ2n) is 6.33. The molecule has 0 spiro atoms. The van der Waals surface area contributed by atoms with Crippen molar-refractivity contribution in [2.24, 2.45) is 0 Å². The lowest BCUT2D eigenvalue weighted by Gasteiger charge is -2.12. The van der Waals surface area contributed by atoms with Gasteiger partial charge in [0.2, 0.25) is 0 Å². The highest BCUT2D eigenvalue weighted by molar-refractivity contribution is 5.93. The van der Waals surface area contributed by atoms with E-state index in [1.54, 1.807) is 30.5 Å². The number of aromatic nitrogens is 1. The van der Waals surface area contributed by atoms with Crippen LogP contribution in [0.3, 0.4) is 0 Å². The number of nitrogens with zero attached hydrogens (tertiary/aromatic N) is 1. The minimum Gasteiger partial charge on any atom is -0.261 e. The van der Waals surface area contributed by atoms with Gasteiger partial charge in [0.25, 0.3) is 6.43 Å². The zero-order valence-corrected chi connectivity index (χ0v) is 13.9. The molecule has 0 N–H and O–H groups in total. The van der Waals surface area contributed by atoms with Crippen molar-refractivity contribution in [3.8, 4) is 0 Å². The van der Waals surface area contributed by atoms with E-state index in [1.807, 2.05) is 18.2 Å². The molecule has 0 unspecified atom stereocenters. The van der Waals surface area contributed by atoms with Crippen molar-refractivity contribution < 1.29 is 13.2 Å². The fourth-order valence-corrected chi connectivity index (χ4v) is 3.42. The van der Waals surface area contributed by atoms with Gasteiger partial charge in [-0.15, -0.1) is 0 Å². The molecule has 0 bridgehead atoms. The maximum absolute atomic E-state index is 13.7. The number of rotatable bonds is 2. The monoisotopic (exact) mass is 351 g/mol. The van der Waals surface area contributed by atoms with Gasteiger partial charge in [-0.3, -0.25) is 4.98 Å². The van der Waals surface area contributed by atoms with Gasteiger partial charge in [-0.1, -0.05) is 30.3 Å². The number of hydrogen-bond donors (Lipinski definition) is 0. The molecule has 1 aliphatic carbocycles. The van der Waals surface area contributed by atoms with E-state index in [9.17, 15) is 13.2 Å². The summed E-state index contributed by atoms with van der Waals surface area (Å²) in [6.07, 6.45) is 2.50. The smallest absolute Gasteiger partial charge is 0.261 e. The largest absolute Gasteiger partial charge is 0.263 e. The first kappa shape index (κ1) is 16.6. The molecule has 1 aliphatic rings. The molecular formula is C22H16F3N. The topological polar surface area (TPSA) is 12.9 Å². The van der Waals surface area contributed by atoms with Gasteiger partial charge >= 0.3 is 0 Å². The molecule has 0 amide bonds. The fourth-order valence-electron chi connectivity index (χ4n) is 3.42. The van der Waals surface area contributed by atoms with Crippen LogP contribution < -0.4 is 0 Å². The zero-order valence-electron chi connectivity index (χ0n) is 13.9. The quantitative estimate of drug-likeness (QED) is 0.565. The van der Waals surface area contributed by atoms with Crippen molar-refractivity contribution >= 4 is 11.6 Å².